The number of piperidine rings is 1. The predicted octanol–water partition coefficient (Wildman–Crippen LogP) is 2.66. The van der Waals surface area contributed by atoms with E-state index in [9.17, 15) is 0 Å². The van der Waals surface area contributed by atoms with Gasteiger partial charge in [-0.15, -0.1) is 0 Å². The molecule has 3 unspecified atom stereocenters. The van der Waals surface area contributed by atoms with Crippen molar-refractivity contribution >= 4 is 0 Å². The summed E-state index contributed by atoms with van der Waals surface area (Å²) >= 11 is 0. The van der Waals surface area contributed by atoms with Gasteiger partial charge in [0, 0.05) is 24.0 Å². The molecule has 1 aromatic rings. The summed E-state index contributed by atoms with van der Waals surface area (Å²) in [6.07, 6.45) is 6.91. The highest BCUT2D eigenvalue weighted by atomic mass is 15.0. The molecule has 2 bridgehead atoms. The molecule has 1 aromatic carbocycles. The summed E-state index contributed by atoms with van der Waals surface area (Å²) in [7, 11) is 0. The molecule has 19 heavy (non-hydrogen) atoms. The summed E-state index contributed by atoms with van der Waals surface area (Å²) in [6.45, 7) is 1.26. The smallest absolute Gasteiger partial charge is 0.0145 e. The van der Waals surface area contributed by atoms with Crippen LogP contribution >= 0.6 is 0 Å². The van der Waals surface area contributed by atoms with Crippen molar-refractivity contribution in [2.75, 3.05) is 6.54 Å². The zero-order valence-corrected chi connectivity index (χ0v) is 11.5. The topological polar surface area (TPSA) is 24.1 Å². The second-order valence-corrected chi connectivity index (χ2v) is 6.74. The second kappa shape index (κ2) is 4.92. The normalized spacial score (nSPS) is 40.9. The van der Waals surface area contributed by atoms with Crippen LogP contribution in [0, 0.1) is 5.92 Å². The Bertz CT molecular complexity index is 408. The van der Waals surface area contributed by atoms with Gasteiger partial charge < -0.3 is 10.6 Å². The Hall–Kier alpha value is -0.860. The molecule has 2 heteroatoms. The van der Waals surface area contributed by atoms with Gasteiger partial charge in [-0.25, -0.2) is 0 Å². The largest absolute Gasteiger partial charge is 0.314 e. The van der Waals surface area contributed by atoms with Crippen LogP contribution in [0.25, 0.3) is 0 Å². The van der Waals surface area contributed by atoms with Crippen molar-refractivity contribution in [3.8, 4) is 0 Å². The van der Waals surface area contributed by atoms with Gasteiger partial charge in [0.25, 0.3) is 0 Å². The van der Waals surface area contributed by atoms with Crippen molar-refractivity contribution in [1.29, 1.82) is 0 Å². The molecular weight excluding hydrogens is 232 g/mol. The molecule has 4 fully saturated rings. The number of fused-ring (bicyclic) bond motifs is 4. The summed E-state index contributed by atoms with van der Waals surface area (Å²) in [6, 6.07) is 13.3. The molecular formula is C17H24N2. The van der Waals surface area contributed by atoms with Gasteiger partial charge in [-0.1, -0.05) is 30.3 Å². The molecule has 0 aromatic heterocycles. The zero-order valence-electron chi connectivity index (χ0n) is 11.5. The quantitative estimate of drug-likeness (QED) is 0.869. The van der Waals surface area contributed by atoms with Crippen LogP contribution in [-0.4, -0.2) is 24.7 Å². The molecule has 2 N–H and O–H groups in total. The SMILES string of the molecule is c1ccc([C@H]2C[C@@H]2NC2CC3CCC(C2)NC3)cc1. The fourth-order valence-electron chi connectivity index (χ4n) is 4.11. The van der Waals surface area contributed by atoms with Crippen LogP contribution < -0.4 is 10.6 Å². The van der Waals surface area contributed by atoms with Gasteiger partial charge >= 0.3 is 0 Å². The maximum absolute atomic E-state index is 3.94. The Morgan fingerprint density at radius 3 is 2.68 bits per heavy atom. The van der Waals surface area contributed by atoms with Gasteiger partial charge in [0.2, 0.25) is 0 Å². The van der Waals surface area contributed by atoms with Crippen molar-refractivity contribution in [2.45, 2.75) is 56.1 Å². The molecule has 0 radical (unpaired) electrons. The average Bonchev–Trinajstić information content (AvgIpc) is 3.25. The number of benzene rings is 1. The van der Waals surface area contributed by atoms with Crippen LogP contribution in [0.4, 0.5) is 0 Å². The van der Waals surface area contributed by atoms with E-state index in [2.05, 4.69) is 41.0 Å². The monoisotopic (exact) mass is 256 g/mol. The molecule has 102 valence electrons. The van der Waals surface area contributed by atoms with Crippen molar-refractivity contribution < 1.29 is 0 Å². The van der Waals surface area contributed by atoms with Crippen molar-refractivity contribution in [2.24, 2.45) is 5.92 Å². The molecule has 2 aliphatic carbocycles. The fraction of sp³-hybridized carbons (Fsp3) is 0.647. The summed E-state index contributed by atoms with van der Waals surface area (Å²) in [4.78, 5) is 0. The van der Waals surface area contributed by atoms with Crippen molar-refractivity contribution in [3.63, 3.8) is 0 Å². The summed E-state index contributed by atoms with van der Waals surface area (Å²) < 4.78 is 0. The minimum Gasteiger partial charge on any atom is -0.314 e. The molecule has 2 nitrogen and oxygen atoms in total. The van der Waals surface area contributed by atoms with Crippen LogP contribution in [0.3, 0.4) is 0 Å². The maximum atomic E-state index is 3.94. The number of hydrogen-bond acceptors (Lipinski definition) is 2. The molecule has 5 atom stereocenters. The molecule has 2 saturated heterocycles. The van der Waals surface area contributed by atoms with E-state index >= 15 is 0 Å². The van der Waals surface area contributed by atoms with E-state index in [4.69, 9.17) is 0 Å². The molecule has 0 amide bonds. The van der Waals surface area contributed by atoms with Gasteiger partial charge in [-0.05, 0) is 50.1 Å². The maximum Gasteiger partial charge on any atom is 0.0145 e. The molecule has 2 heterocycles. The van der Waals surface area contributed by atoms with Gasteiger partial charge in [0.05, 0.1) is 0 Å². The standard InChI is InChI=1S/C17H24N2/c1-2-4-13(5-3-1)16-10-17(16)19-15-8-12-6-7-14(9-15)18-11-12/h1-5,12,14-19H,6-11H2/t12?,14?,15?,16-,17+/m1/s1. The molecule has 4 aliphatic rings. The lowest BCUT2D eigenvalue weighted by Gasteiger charge is -2.23. The average molecular weight is 256 g/mol. The number of nitrogens with one attached hydrogen (secondary N) is 2. The van der Waals surface area contributed by atoms with Crippen LogP contribution in [0.1, 0.15) is 43.6 Å². The minimum atomic E-state index is 0.741. The summed E-state index contributed by atoms with van der Waals surface area (Å²) in [5.74, 6) is 1.69. The second-order valence-electron chi connectivity index (χ2n) is 6.74. The molecule has 0 spiro atoms. The van der Waals surface area contributed by atoms with Gasteiger partial charge in [0.1, 0.15) is 0 Å². The first-order chi connectivity index (χ1) is 9.38. The molecule has 2 saturated carbocycles. The lowest BCUT2D eigenvalue weighted by molar-refractivity contribution is 0.341. The highest BCUT2D eigenvalue weighted by Gasteiger charge is 2.41. The Labute approximate surface area is 116 Å². The Balaban J connectivity index is 1.36. The third-order valence-electron chi connectivity index (χ3n) is 5.27. The van der Waals surface area contributed by atoms with E-state index in [0.29, 0.717) is 0 Å². The van der Waals surface area contributed by atoms with Crippen molar-refractivity contribution in [1.82, 2.24) is 10.6 Å². The first kappa shape index (κ1) is 11.9. The molecule has 2 aliphatic heterocycles. The Morgan fingerprint density at radius 2 is 1.89 bits per heavy atom. The van der Waals surface area contributed by atoms with E-state index < -0.39 is 0 Å². The van der Waals surface area contributed by atoms with Crippen LogP contribution in [0.2, 0.25) is 0 Å². The third-order valence-corrected chi connectivity index (χ3v) is 5.27. The van der Waals surface area contributed by atoms with Gasteiger partial charge in [0.15, 0.2) is 0 Å². The zero-order chi connectivity index (χ0) is 12.7. The Kier molecular flexibility index (Phi) is 3.08. The predicted molar refractivity (Wildman–Crippen MR) is 78.3 cm³/mol. The van der Waals surface area contributed by atoms with E-state index in [1.165, 1.54) is 44.2 Å². The first-order valence-electron chi connectivity index (χ1n) is 7.93. The van der Waals surface area contributed by atoms with Gasteiger partial charge in [-0.3, -0.25) is 0 Å². The number of hydrogen-bond donors (Lipinski definition) is 2. The highest BCUT2D eigenvalue weighted by molar-refractivity contribution is 5.27. The Morgan fingerprint density at radius 1 is 1.00 bits per heavy atom. The highest BCUT2D eigenvalue weighted by Crippen LogP contribution is 2.42. The van der Waals surface area contributed by atoms with Crippen LogP contribution in [0.15, 0.2) is 30.3 Å². The minimum absolute atomic E-state index is 0.741. The van der Waals surface area contributed by atoms with E-state index in [1.54, 1.807) is 0 Å². The van der Waals surface area contributed by atoms with Crippen LogP contribution in [-0.2, 0) is 0 Å². The van der Waals surface area contributed by atoms with E-state index in [0.717, 1.165) is 30.0 Å². The third kappa shape index (κ3) is 2.56. The fourth-order valence-corrected chi connectivity index (χ4v) is 4.11. The first-order valence-corrected chi connectivity index (χ1v) is 7.93. The van der Waals surface area contributed by atoms with Crippen LogP contribution in [0.5, 0.6) is 0 Å². The number of rotatable bonds is 3. The summed E-state index contributed by atoms with van der Waals surface area (Å²) in [5, 5.41) is 7.65. The lowest BCUT2D eigenvalue weighted by atomic mass is 9.96. The molecule has 5 rings (SSSR count). The van der Waals surface area contributed by atoms with Gasteiger partial charge in [-0.2, -0.15) is 0 Å². The summed E-state index contributed by atoms with van der Waals surface area (Å²) in [5.41, 5.74) is 1.52. The van der Waals surface area contributed by atoms with E-state index in [-0.39, 0.29) is 0 Å². The lowest BCUT2D eigenvalue weighted by Crippen LogP contribution is -2.37. The van der Waals surface area contributed by atoms with Crippen molar-refractivity contribution in [3.05, 3.63) is 35.9 Å². The van der Waals surface area contributed by atoms with E-state index in [1.807, 2.05) is 0 Å².